The fraction of sp³-hybridized carbons (Fsp3) is 0.706. The molecule has 2 saturated heterocycles. The summed E-state index contributed by atoms with van der Waals surface area (Å²) in [7, 11) is -6.48. The summed E-state index contributed by atoms with van der Waals surface area (Å²) in [6, 6.07) is 0. The molecule has 31 heavy (non-hydrogen) atoms. The van der Waals surface area contributed by atoms with Gasteiger partial charge in [0.15, 0.2) is 0 Å². The van der Waals surface area contributed by atoms with E-state index in [0.717, 1.165) is 0 Å². The average Bonchev–Trinajstić information content (AvgIpc) is 3.36. The van der Waals surface area contributed by atoms with Gasteiger partial charge in [0.05, 0.1) is 37.1 Å². The van der Waals surface area contributed by atoms with Gasteiger partial charge in [-0.2, -0.15) is 26.0 Å². The van der Waals surface area contributed by atoms with E-state index in [0.29, 0.717) is 12.8 Å². The predicted octanol–water partition coefficient (Wildman–Crippen LogP) is 1.54. The van der Waals surface area contributed by atoms with E-state index in [9.17, 15) is 40.4 Å². The number of alkyl halides is 4. The van der Waals surface area contributed by atoms with Gasteiger partial charge in [0.2, 0.25) is 0 Å². The summed E-state index contributed by atoms with van der Waals surface area (Å²) < 4.78 is 93.8. The summed E-state index contributed by atoms with van der Waals surface area (Å²) in [6.07, 6.45) is 0.226. The smallest absolute Gasteiger partial charge is 0.433 e. The summed E-state index contributed by atoms with van der Waals surface area (Å²) in [4.78, 5) is 35.9. The van der Waals surface area contributed by atoms with Crippen molar-refractivity contribution in [1.29, 1.82) is 0 Å². The first-order valence-electron chi connectivity index (χ1n) is 9.41. The van der Waals surface area contributed by atoms with E-state index in [1.165, 1.54) is 12.2 Å². The van der Waals surface area contributed by atoms with E-state index in [2.05, 4.69) is 9.02 Å². The van der Waals surface area contributed by atoms with Crippen LogP contribution in [0.25, 0.3) is 0 Å². The highest BCUT2D eigenvalue weighted by Crippen LogP contribution is 2.47. The van der Waals surface area contributed by atoms with E-state index in [1.807, 2.05) is 0 Å². The molecule has 174 valence electrons. The number of nitrogens with zero attached hydrogens (tertiary/aromatic N) is 1. The molecule has 0 radical (unpaired) electrons. The number of hydroxylamine groups is 2. The lowest BCUT2D eigenvalue weighted by Crippen LogP contribution is -2.51. The third-order valence-corrected chi connectivity index (χ3v) is 6.47. The van der Waals surface area contributed by atoms with E-state index in [4.69, 9.17) is 4.74 Å². The van der Waals surface area contributed by atoms with Crippen LogP contribution in [-0.4, -0.2) is 61.3 Å². The minimum absolute atomic E-state index is 0.109. The third-order valence-electron chi connectivity index (χ3n) is 5.20. The van der Waals surface area contributed by atoms with E-state index < -0.39 is 81.2 Å². The number of halogens is 4. The second-order valence-corrected chi connectivity index (χ2v) is 8.87. The minimum atomic E-state index is -6.48. The van der Waals surface area contributed by atoms with Gasteiger partial charge in [-0.1, -0.05) is 25.5 Å². The summed E-state index contributed by atoms with van der Waals surface area (Å²) >= 11 is 0. The molecule has 0 aromatic heterocycles. The number of carbonyl (C=O) groups is 3. The highest BCUT2D eigenvalue weighted by molar-refractivity contribution is 7.87. The Morgan fingerprint density at radius 3 is 2.19 bits per heavy atom. The lowest BCUT2D eigenvalue weighted by atomic mass is 9.85. The van der Waals surface area contributed by atoms with Crippen LogP contribution in [0.5, 0.6) is 0 Å². The van der Waals surface area contributed by atoms with Crippen molar-refractivity contribution in [2.24, 2.45) is 11.8 Å². The molecule has 3 aliphatic rings. The molecule has 2 bridgehead atoms. The molecule has 0 aliphatic carbocycles. The number of hydrogen-bond acceptors (Lipinski definition) is 8. The molecule has 9 nitrogen and oxygen atoms in total. The van der Waals surface area contributed by atoms with Gasteiger partial charge < -0.3 is 9.47 Å². The van der Waals surface area contributed by atoms with E-state index in [1.54, 1.807) is 6.92 Å². The zero-order valence-corrected chi connectivity index (χ0v) is 16.9. The Labute approximate surface area is 174 Å². The molecule has 2 fully saturated rings. The Hall–Kier alpha value is -2.06. The van der Waals surface area contributed by atoms with Crippen LogP contribution in [0.1, 0.15) is 32.6 Å². The molecule has 0 aromatic carbocycles. The summed E-state index contributed by atoms with van der Waals surface area (Å²) in [5.74, 6) is -11.0. The molecule has 3 rings (SSSR count). The molecule has 0 aromatic rings. The fourth-order valence-electron chi connectivity index (χ4n) is 3.51. The summed E-state index contributed by atoms with van der Waals surface area (Å²) in [6.45, 7) is 0.586. The number of amides is 2. The highest BCUT2D eigenvalue weighted by atomic mass is 32.2. The van der Waals surface area contributed by atoms with Crippen molar-refractivity contribution in [3.8, 4) is 0 Å². The van der Waals surface area contributed by atoms with Crippen LogP contribution in [0.2, 0.25) is 0 Å². The molecule has 4 atom stereocenters. The van der Waals surface area contributed by atoms with Crippen molar-refractivity contribution in [2.75, 3.05) is 6.61 Å². The second kappa shape index (κ2) is 8.13. The van der Waals surface area contributed by atoms with Gasteiger partial charge in [-0.15, -0.1) is 9.35 Å². The largest absolute Gasteiger partial charge is 0.465 e. The van der Waals surface area contributed by atoms with Crippen LogP contribution in [-0.2, 0) is 38.3 Å². The monoisotopic (exact) mass is 473 g/mol. The van der Waals surface area contributed by atoms with Crippen molar-refractivity contribution in [2.45, 2.75) is 56.0 Å². The predicted molar refractivity (Wildman–Crippen MR) is 91.6 cm³/mol. The number of ether oxygens (including phenoxy) is 2. The molecule has 2 amide bonds. The first kappa shape index (κ1) is 23.6. The maximum atomic E-state index is 14.2. The third kappa shape index (κ3) is 3.96. The van der Waals surface area contributed by atoms with Crippen molar-refractivity contribution in [3.05, 3.63) is 12.2 Å². The second-order valence-electron chi connectivity index (χ2n) is 7.30. The number of unbranched alkanes of at least 4 members (excludes halogenated alkanes) is 1. The number of rotatable bonds is 10. The van der Waals surface area contributed by atoms with E-state index in [-0.39, 0.29) is 6.42 Å². The topological polar surface area (TPSA) is 116 Å². The van der Waals surface area contributed by atoms with E-state index >= 15 is 0 Å². The highest BCUT2D eigenvalue weighted by Gasteiger charge is 2.69. The van der Waals surface area contributed by atoms with Crippen molar-refractivity contribution < 1.29 is 54.1 Å². The SMILES string of the molecule is CCCCC(=O)OCCC(F)(F)C(F)(F)S(=O)(=O)ON1C(=O)C2C3C=CC(O3)C2C1=O. The molecule has 0 saturated carbocycles. The van der Waals surface area contributed by atoms with Gasteiger partial charge in [0.25, 0.3) is 11.8 Å². The quantitative estimate of drug-likeness (QED) is 0.203. The van der Waals surface area contributed by atoms with Crippen LogP contribution in [0, 0.1) is 11.8 Å². The number of esters is 1. The van der Waals surface area contributed by atoms with Gasteiger partial charge in [-0.25, -0.2) is 0 Å². The lowest BCUT2D eigenvalue weighted by molar-refractivity contribution is -0.187. The Kier molecular flexibility index (Phi) is 6.19. The van der Waals surface area contributed by atoms with Gasteiger partial charge in [0, 0.05) is 6.42 Å². The standard InChI is InChI=1S/C17H19F4NO8S/c1-2-3-4-11(23)28-8-7-16(18,19)17(20,21)31(26,27)30-22-14(24)12-9-5-6-10(29-9)13(12)15(22)25/h5-6,9-10,12-13H,2-4,7-8H2,1H3. The minimum Gasteiger partial charge on any atom is -0.465 e. The molecular formula is C17H19F4NO8S. The Bertz CT molecular complexity index is 876. The van der Waals surface area contributed by atoms with Crippen LogP contribution in [0.15, 0.2) is 12.2 Å². The maximum absolute atomic E-state index is 14.2. The molecule has 0 N–H and O–H groups in total. The first-order valence-corrected chi connectivity index (χ1v) is 10.8. The Balaban J connectivity index is 1.66. The molecule has 14 heteroatoms. The van der Waals surface area contributed by atoms with Gasteiger partial charge in [-0.05, 0) is 6.42 Å². The number of hydrogen-bond donors (Lipinski definition) is 0. The van der Waals surface area contributed by atoms with Crippen molar-refractivity contribution >= 4 is 27.9 Å². The average molecular weight is 473 g/mol. The summed E-state index contributed by atoms with van der Waals surface area (Å²) in [5.41, 5.74) is 0. The number of imide groups is 1. The Morgan fingerprint density at radius 1 is 1.13 bits per heavy atom. The molecule has 4 unspecified atom stereocenters. The van der Waals surface area contributed by atoms with Crippen molar-refractivity contribution in [1.82, 2.24) is 5.06 Å². The maximum Gasteiger partial charge on any atom is 0.433 e. The fourth-order valence-corrected chi connectivity index (χ4v) is 4.41. The van der Waals surface area contributed by atoms with Crippen LogP contribution >= 0.6 is 0 Å². The van der Waals surface area contributed by atoms with Crippen LogP contribution in [0.4, 0.5) is 17.6 Å². The van der Waals surface area contributed by atoms with Crippen molar-refractivity contribution in [3.63, 3.8) is 0 Å². The first-order chi connectivity index (χ1) is 14.3. The normalized spacial score (nSPS) is 27.8. The van der Waals surface area contributed by atoms with Gasteiger partial charge in [0.1, 0.15) is 0 Å². The Morgan fingerprint density at radius 2 is 1.68 bits per heavy atom. The molecule has 0 spiro atoms. The van der Waals surface area contributed by atoms with Crippen LogP contribution < -0.4 is 0 Å². The van der Waals surface area contributed by atoms with Crippen LogP contribution in [0.3, 0.4) is 0 Å². The zero-order chi connectivity index (χ0) is 23.2. The lowest BCUT2D eigenvalue weighted by Gasteiger charge is -2.26. The number of carbonyl (C=O) groups excluding carboxylic acids is 3. The molecule has 3 aliphatic heterocycles. The molecular weight excluding hydrogens is 454 g/mol. The van der Waals surface area contributed by atoms with Gasteiger partial charge >= 0.3 is 27.3 Å². The molecule has 3 heterocycles. The summed E-state index contributed by atoms with van der Waals surface area (Å²) in [5, 5.41) is -6.24. The van der Waals surface area contributed by atoms with Gasteiger partial charge in [-0.3, -0.25) is 14.4 Å². The number of fused-ring (bicyclic) bond motifs is 5. The zero-order valence-electron chi connectivity index (χ0n) is 16.1.